The molecule has 0 radical (unpaired) electrons. The molecule has 1 saturated heterocycles. The molecular weight excluding hydrogens is 462 g/mol. The molecule has 0 bridgehead atoms. The van der Waals surface area contributed by atoms with Crippen molar-refractivity contribution in [2.75, 3.05) is 24.7 Å². The molecule has 1 saturated carbocycles. The van der Waals surface area contributed by atoms with Gasteiger partial charge in [0.2, 0.25) is 11.8 Å². The summed E-state index contributed by atoms with van der Waals surface area (Å²) < 4.78 is 5.17. The Hall–Kier alpha value is -3.20. The van der Waals surface area contributed by atoms with Crippen LogP contribution in [0.25, 0.3) is 0 Å². The molecule has 2 N–H and O–H groups in total. The molecule has 2 aliphatic heterocycles. The summed E-state index contributed by atoms with van der Waals surface area (Å²) in [6.07, 6.45) is 4.57. The van der Waals surface area contributed by atoms with Gasteiger partial charge in [-0.1, -0.05) is 54.9 Å². The molecular formula is C26H31N5O3S. The fourth-order valence-corrected chi connectivity index (χ4v) is 6.02. The lowest BCUT2D eigenvalue weighted by atomic mass is 9.81. The fraction of sp³-hybridized carbons (Fsp3) is 0.423. The van der Waals surface area contributed by atoms with Crippen LogP contribution in [0.15, 0.2) is 59.7 Å². The van der Waals surface area contributed by atoms with Gasteiger partial charge in [0, 0.05) is 18.3 Å². The second-order valence-corrected chi connectivity index (χ2v) is 10.0. The normalized spacial score (nSPS) is 23.2. The van der Waals surface area contributed by atoms with Crippen molar-refractivity contribution in [3.05, 3.63) is 60.2 Å². The zero-order valence-electron chi connectivity index (χ0n) is 19.9. The van der Waals surface area contributed by atoms with Gasteiger partial charge in [0.25, 0.3) is 0 Å². The van der Waals surface area contributed by atoms with E-state index in [0.29, 0.717) is 6.54 Å². The Morgan fingerprint density at radius 2 is 1.91 bits per heavy atom. The van der Waals surface area contributed by atoms with Gasteiger partial charge in [-0.3, -0.25) is 15.0 Å². The maximum absolute atomic E-state index is 13.5. The molecule has 2 heterocycles. The van der Waals surface area contributed by atoms with Crippen molar-refractivity contribution in [1.29, 1.82) is 0 Å². The van der Waals surface area contributed by atoms with Crippen LogP contribution in [-0.4, -0.2) is 58.5 Å². The van der Waals surface area contributed by atoms with Crippen LogP contribution in [0, 0.1) is 5.92 Å². The van der Waals surface area contributed by atoms with Crippen LogP contribution in [0.1, 0.15) is 31.2 Å². The maximum Gasteiger partial charge on any atom is 0.234 e. The molecule has 0 spiro atoms. The molecule has 5 rings (SSSR count). The van der Waals surface area contributed by atoms with Crippen LogP contribution in [0.4, 0.5) is 5.69 Å². The van der Waals surface area contributed by atoms with E-state index in [1.165, 1.54) is 17.3 Å². The Morgan fingerprint density at radius 3 is 2.69 bits per heavy atom. The number of anilines is 1. The van der Waals surface area contributed by atoms with Crippen molar-refractivity contribution >= 4 is 34.4 Å². The molecule has 3 aliphatic rings. The third-order valence-electron chi connectivity index (χ3n) is 6.93. The summed E-state index contributed by atoms with van der Waals surface area (Å²) in [6.45, 7) is 0.631. The molecule has 2 aromatic rings. The summed E-state index contributed by atoms with van der Waals surface area (Å²) >= 11 is 1.42. The standard InChI is InChI=1S/C26H31N5O3S/c1-34-20-13-11-19(12-14-20)27-23(32)17-35-26-29-28-25-30(16-15-18-7-3-2-4-8-18)24(33)21-9-5-6-10-22(21)31(25)26/h2-4,7-8,11-14,21-22,25,28H,5-6,9-10,15-17H2,1H3,(H,27,32). The lowest BCUT2D eigenvalue weighted by Crippen LogP contribution is -2.67. The highest BCUT2D eigenvalue weighted by atomic mass is 32.2. The Labute approximate surface area is 210 Å². The predicted octanol–water partition coefficient (Wildman–Crippen LogP) is 3.47. The number of nitrogens with zero attached hydrogens (tertiary/aromatic N) is 3. The number of hydrogen-bond acceptors (Lipinski definition) is 7. The molecule has 8 nitrogen and oxygen atoms in total. The third kappa shape index (κ3) is 5.10. The highest BCUT2D eigenvalue weighted by Crippen LogP contribution is 2.38. The Kier molecular flexibility index (Phi) is 7.13. The van der Waals surface area contributed by atoms with Gasteiger partial charge in [0.1, 0.15) is 5.75 Å². The second-order valence-electron chi connectivity index (χ2n) is 9.10. The van der Waals surface area contributed by atoms with Crippen molar-refractivity contribution in [2.45, 2.75) is 44.4 Å². The minimum absolute atomic E-state index is 0.0189. The lowest BCUT2D eigenvalue weighted by Gasteiger charge is -2.50. The minimum atomic E-state index is -0.294. The van der Waals surface area contributed by atoms with Crippen LogP contribution in [0.3, 0.4) is 0 Å². The lowest BCUT2D eigenvalue weighted by molar-refractivity contribution is -0.155. The van der Waals surface area contributed by atoms with Gasteiger partial charge in [-0.25, -0.2) is 0 Å². The first-order chi connectivity index (χ1) is 17.1. The third-order valence-corrected chi connectivity index (χ3v) is 7.90. The number of fused-ring (bicyclic) bond motifs is 3. The van der Waals surface area contributed by atoms with Gasteiger partial charge in [0.05, 0.1) is 18.8 Å². The number of benzene rings is 2. The molecule has 0 aromatic heterocycles. The van der Waals surface area contributed by atoms with Crippen LogP contribution in [-0.2, 0) is 16.0 Å². The van der Waals surface area contributed by atoms with Gasteiger partial charge in [0.15, 0.2) is 11.5 Å². The number of nitrogens with one attached hydrogen (secondary N) is 2. The summed E-state index contributed by atoms with van der Waals surface area (Å²) in [7, 11) is 1.61. The summed E-state index contributed by atoms with van der Waals surface area (Å²) in [6, 6.07) is 17.6. The van der Waals surface area contributed by atoms with E-state index in [1.54, 1.807) is 7.11 Å². The van der Waals surface area contributed by atoms with Crippen molar-refractivity contribution < 1.29 is 14.3 Å². The average molecular weight is 494 g/mol. The first kappa shape index (κ1) is 23.5. The number of thioether (sulfide) groups is 1. The number of hydrazone groups is 1. The zero-order chi connectivity index (χ0) is 24.2. The Bertz CT molecular complexity index is 1080. The molecule has 2 amide bonds. The number of carbonyl (C=O) groups excluding carboxylic acids is 2. The van der Waals surface area contributed by atoms with Crippen molar-refractivity contribution in [1.82, 2.24) is 15.2 Å². The molecule has 35 heavy (non-hydrogen) atoms. The Morgan fingerprint density at radius 1 is 1.14 bits per heavy atom. The highest BCUT2D eigenvalue weighted by molar-refractivity contribution is 8.14. The molecule has 3 atom stereocenters. The van der Waals surface area contributed by atoms with Gasteiger partial charge < -0.3 is 19.9 Å². The maximum atomic E-state index is 13.5. The van der Waals surface area contributed by atoms with E-state index in [-0.39, 0.29) is 35.8 Å². The van der Waals surface area contributed by atoms with E-state index < -0.39 is 0 Å². The van der Waals surface area contributed by atoms with Crippen LogP contribution in [0.2, 0.25) is 0 Å². The van der Waals surface area contributed by atoms with E-state index >= 15 is 0 Å². The quantitative estimate of drug-likeness (QED) is 0.614. The molecule has 184 valence electrons. The molecule has 9 heteroatoms. The number of amides is 2. The summed E-state index contributed by atoms with van der Waals surface area (Å²) in [5.74, 6) is 1.09. The predicted molar refractivity (Wildman–Crippen MR) is 138 cm³/mol. The topological polar surface area (TPSA) is 86.3 Å². The molecule has 1 aliphatic carbocycles. The number of methoxy groups -OCH3 is 1. The van der Waals surface area contributed by atoms with E-state index in [2.05, 4.69) is 32.9 Å². The Balaban J connectivity index is 1.25. The monoisotopic (exact) mass is 493 g/mol. The van der Waals surface area contributed by atoms with Gasteiger partial charge >= 0.3 is 0 Å². The molecule has 3 unspecified atom stereocenters. The zero-order valence-corrected chi connectivity index (χ0v) is 20.7. The van der Waals surface area contributed by atoms with E-state index in [1.807, 2.05) is 47.4 Å². The first-order valence-corrected chi connectivity index (χ1v) is 13.2. The number of ether oxygens (including phenoxy) is 1. The molecule has 2 aromatic carbocycles. The highest BCUT2D eigenvalue weighted by Gasteiger charge is 2.50. The van der Waals surface area contributed by atoms with Gasteiger partial charge in [-0.15, -0.1) is 0 Å². The van der Waals surface area contributed by atoms with Crippen LogP contribution < -0.4 is 15.5 Å². The number of rotatable bonds is 7. The smallest absolute Gasteiger partial charge is 0.234 e. The summed E-state index contributed by atoms with van der Waals surface area (Å²) in [4.78, 5) is 30.3. The van der Waals surface area contributed by atoms with Gasteiger partial charge in [-0.05, 0) is 49.1 Å². The van der Waals surface area contributed by atoms with E-state index in [4.69, 9.17) is 4.74 Å². The second kappa shape index (κ2) is 10.6. The number of amidine groups is 1. The van der Waals surface area contributed by atoms with Crippen molar-refractivity contribution in [3.63, 3.8) is 0 Å². The average Bonchev–Trinajstić information content (AvgIpc) is 3.32. The summed E-state index contributed by atoms with van der Waals surface area (Å²) in [5.41, 5.74) is 5.13. The number of carbonyl (C=O) groups is 2. The minimum Gasteiger partial charge on any atom is -0.497 e. The van der Waals surface area contributed by atoms with Gasteiger partial charge in [-0.2, -0.15) is 5.10 Å². The van der Waals surface area contributed by atoms with Crippen molar-refractivity contribution in [3.8, 4) is 5.75 Å². The molecule has 2 fully saturated rings. The van der Waals surface area contributed by atoms with E-state index in [9.17, 15) is 9.59 Å². The van der Waals surface area contributed by atoms with Crippen LogP contribution in [0.5, 0.6) is 5.75 Å². The fourth-order valence-electron chi connectivity index (χ4n) is 5.18. The number of hydrogen-bond donors (Lipinski definition) is 2. The largest absolute Gasteiger partial charge is 0.497 e. The first-order valence-electron chi connectivity index (χ1n) is 12.2. The van der Waals surface area contributed by atoms with E-state index in [0.717, 1.165) is 48.7 Å². The summed E-state index contributed by atoms with van der Waals surface area (Å²) in [5, 5.41) is 8.29. The van der Waals surface area contributed by atoms with Crippen molar-refractivity contribution in [2.24, 2.45) is 11.0 Å². The van der Waals surface area contributed by atoms with Crippen LogP contribution >= 0.6 is 11.8 Å². The SMILES string of the molecule is COc1ccc(NC(=O)CSC2=NNC3N(CCc4ccccc4)C(=O)C4CCCCC4N23)cc1.